The highest BCUT2D eigenvalue weighted by molar-refractivity contribution is 9.10. The van der Waals surface area contributed by atoms with Crippen molar-refractivity contribution in [2.75, 3.05) is 0 Å². The van der Waals surface area contributed by atoms with Gasteiger partial charge in [0.1, 0.15) is 0 Å². The van der Waals surface area contributed by atoms with Crippen LogP contribution in [0, 0.1) is 6.92 Å². The van der Waals surface area contributed by atoms with Crippen molar-refractivity contribution < 1.29 is 0 Å². The van der Waals surface area contributed by atoms with Gasteiger partial charge in [0.05, 0.1) is 0 Å². The number of aryl methyl sites for hydroxylation is 1. The van der Waals surface area contributed by atoms with Crippen molar-refractivity contribution in [1.82, 2.24) is 0 Å². The van der Waals surface area contributed by atoms with Crippen molar-refractivity contribution in [3.63, 3.8) is 0 Å². The Labute approximate surface area is 88.2 Å². The second kappa shape index (κ2) is 3.92. The van der Waals surface area contributed by atoms with E-state index >= 15 is 0 Å². The highest BCUT2D eigenvalue weighted by Gasteiger charge is 2.01. The van der Waals surface area contributed by atoms with Gasteiger partial charge in [-0.15, -0.1) is 0 Å². The molecule has 3 heteroatoms. The number of rotatable bonds is 1. The molecule has 0 N–H and O–H groups in total. The van der Waals surface area contributed by atoms with Crippen molar-refractivity contribution in [2.24, 2.45) is 0 Å². The molecule has 60 valence electrons. The van der Waals surface area contributed by atoms with Gasteiger partial charge in [-0.1, -0.05) is 49.5 Å². The van der Waals surface area contributed by atoms with E-state index in [-0.39, 0.29) is 0 Å². The van der Waals surface area contributed by atoms with E-state index in [1.54, 1.807) is 0 Å². The summed E-state index contributed by atoms with van der Waals surface area (Å²) in [5.41, 5.74) is 2.34. The van der Waals surface area contributed by atoms with Crippen molar-refractivity contribution in [2.45, 2.75) is 12.3 Å². The van der Waals surface area contributed by atoms with Crippen LogP contribution in [0.1, 0.15) is 11.1 Å². The Bertz CT molecular complexity index is 271. The zero-order valence-electron chi connectivity index (χ0n) is 6.00. The topological polar surface area (TPSA) is 0 Å². The van der Waals surface area contributed by atoms with Crippen LogP contribution in [0.15, 0.2) is 16.6 Å². The third-order valence-electron chi connectivity index (χ3n) is 1.47. The van der Waals surface area contributed by atoms with Crippen LogP contribution in [0.5, 0.6) is 0 Å². The van der Waals surface area contributed by atoms with E-state index in [9.17, 15) is 0 Å². The Morgan fingerprint density at radius 2 is 2.09 bits per heavy atom. The van der Waals surface area contributed by atoms with Gasteiger partial charge in [0.2, 0.25) is 0 Å². The van der Waals surface area contributed by atoms with Crippen molar-refractivity contribution in [1.29, 1.82) is 0 Å². The zero-order chi connectivity index (χ0) is 8.43. The SMILES string of the molecule is Cc1cc(CBr)c(Cl)cc1Br. The third-order valence-corrected chi connectivity index (χ3v) is 3.28. The van der Waals surface area contributed by atoms with Crippen LogP contribution in [0.4, 0.5) is 0 Å². The van der Waals surface area contributed by atoms with Gasteiger partial charge in [0.15, 0.2) is 0 Å². The summed E-state index contributed by atoms with van der Waals surface area (Å²) in [4.78, 5) is 0. The molecule has 0 radical (unpaired) electrons. The van der Waals surface area contributed by atoms with E-state index in [1.807, 2.05) is 13.0 Å². The van der Waals surface area contributed by atoms with Crippen LogP contribution in [0.25, 0.3) is 0 Å². The van der Waals surface area contributed by atoms with Gasteiger partial charge in [0, 0.05) is 14.8 Å². The molecule has 0 bridgehead atoms. The van der Waals surface area contributed by atoms with Crippen molar-refractivity contribution in [3.05, 3.63) is 32.8 Å². The fourth-order valence-electron chi connectivity index (χ4n) is 0.819. The van der Waals surface area contributed by atoms with Gasteiger partial charge in [-0.05, 0) is 24.1 Å². The maximum Gasteiger partial charge on any atom is 0.0457 e. The Morgan fingerprint density at radius 3 is 2.64 bits per heavy atom. The summed E-state index contributed by atoms with van der Waals surface area (Å²) in [6.07, 6.45) is 0. The van der Waals surface area contributed by atoms with E-state index in [0.29, 0.717) is 0 Å². The molecule has 0 saturated heterocycles. The minimum Gasteiger partial charge on any atom is -0.0876 e. The molecule has 0 spiro atoms. The number of hydrogen-bond acceptors (Lipinski definition) is 0. The molecule has 0 nitrogen and oxygen atoms in total. The smallest absolute Gasteiger partial charge is 0.0457 e. The van der Waals surface area contributed by atoms with Gasteiger partial charge in [-0.25, -0.2) is 0 Å². The first-order valence-corrected chi connectivity index (χ1v) is 5.45. The van der Waals surface area contributed by atoms with Gasteiger partial charge in [-0.3, -0.25) is 0 Å². The Hall–Kier alpha value is 0.470. The summed E-state index contributed by atoms with van der Waals surface area (Å²) in [6, 6.07) is 3.99. The van der Waals surface area contributed by atoms with E-state index in [1.165, 1.54) is 5.56 Å². The Morgan fingerprint density at radius 1 is 1.45 bits per heavy atom. The molecule has 1 rings (SSSR count). The second-order valence-electron chi connectivity index (χ2n) is 2.33. The second-order valence-corrected chi connectivity index (χ2v) is 4.15. The maximum atomic E-state index is 5.94. The Kier molecular flexibility index (Phi) is 3.41. The van der Waals surface area contributed by atoms with Crippen LogP contribution < -0.4 is 0 Å². The summed E-state index contributed by atoms with van der Waals surface area (Å²) in [7, 11) is 0. The monoisotopic (exact) mass is 296 g/mol. The lowest BCUT2D eigenvalue weighted by Crippen LogP contribution is -1.83. The van der Waals surface area contributed by atoms with E-state index in [0.717, 1.165) is 20.4 Å². The third kappa shape index (κ3) is 2.20. The standard InChI is InChI=1S/C8H7Br2Cl/c1-5-2-6(4-9)8(11)3-7(5)10/h2-3H,4H2,1H3. The molecule has 0 aliphatic rings. The fraction of sp³-hybridized carbons (Fsp3) is 0.250. The van der Waals surface area contributed by atoms with Crippen molar-refractivity contribution >= 4 is 43.5 Å². The lowest BCUT2D eigenvalue weighted by molar-refractivity contribution is 1.34. The molecule has 11 heavy (non-hydrogen) atoms. The molecule has 1 aromatic rings. The van der Waals surface area contributed by atoms with Crippen LogP contribution in [0.2, 0.25) is 5.02 Å². The Balaban J connectivity index is 3.21. The number of alkyl halides is 1. The van der Waals surface area contributed by atoms with Crippen LogP contribution >= 0.6 is 43.5 Å². The van der Waals surface area contributed by atoms with Crippen LogP contribution in [0.3, 0.4) is 0 Å². The van der Waals surface area contributed by atoms with E-state index in [2.05, 4.69) is 37.9 Å². The highest BCUT2D eigenvalue weighted by atomic mass is 79.9. The lowest BCUT2D eigenvalue weighted by Gasteiger charge is -2.03. The molecule has 0 atom stereocenters. The summed E-state index contributed by atoms with van der Waals surface area (Å²) in [6.45, 7) is 2.05. The largest absolute Gasteiger partial charge is 0.0876 e. The number of benzene rings is 1. The molecule has 0 heterocycles. The van der Waals surface area contributed by atoms with Gasteiger partial charge >= 0.3 is 0 Å². The highest BCUT2D eigenvalue weighted by Crippen LogP contribution is 2.26. The molecule has 0 aliphatic heterocycles. The molecule has 0 fully saturated rings. The lowest BCUT2D eigenvalue weighted by atomic mass is 10.2. The van der Waals surface area contributed by atoms with E-state index in [4.69, 9.17) is 11.6 Å². The molecular formula is C8H7Br2Cl. The van der Waals surface area contributed by atoms with Gasteiger partial charge < -0.3 is 0 Å². The van der Waals surface area contributed by atoms with Gasteiger partial charge in [-0.2, -0.15) is 0 Å². The predicted molar refractivity (Wildman–Crippen MR) is 56.5 cm³/mol. The first-order valence-electron chi connectivity index (χ1n) is 3.15. The maximum absolute atomic E-state index is 5.94. The van der Waals surface area contributed by atoms with Crippen LogP contribution in [-0.2, 0) is 5.33 Å². The quantitative estimate of drug-likeness (QED) is 0.678. The molecule has 1 aromatic carbocycles. The minimum absolute atomic E-state index is 0.805. The minimum atomic E-state index is 0.805. The fourth-order valence-corrected chi connectivity index (χ4v) is 2.15. The zero-order valence-corrected chi connectivity index (χ0v) is 9.92. The predicted octanol–water partition coefficient (Wildman–Crippen LogP) is 4.31. The molecule has 0 amide bonds. The first kappa shape index (κ1) is 9.56. The summed E-state index contributed by atoms with van der Waals surface area (Å²) in [5, 5.41) is 1.61. The average Bonchev–Trinajstić information content (AvgIpc) is 1.97. The van der Waals surface area contributed by atoms with Gasteiger partial charge in [0.25, 0.3) is 0 Å². The van der Waals surface area contributed by atoms with Crippen LogP contribution in [-0.4, -0.2) is 0 Å². The first-order chi connectivity index (χ1) is 5.15. The van der Waals surface area contributed by atoms with Crippen molar-refractivity contribution in [3.8, 4) is 0 Å². The molecule has 0 saturated carbocycles. The number of hydrogen-bond donors (Lipinski definition) is 0. The number of halogens is 3. The normalized spacial score (nSPS) is 10.2. The summed E-state index contributed by atoms with van der Waals surface area (Å²) >= 11 is 12.7. The average molecular weight is 298 g/mol. The molecular weight excluding hydrogens is 291 g/mol. The van der Waals surface area contributed by atoms with E-state index < -0.39 is 0 Å². The summed E-state index contributed by atoms with van der Waals surface area (Å²) in [5.74, 6) is 0. The summed E-state index contributed by atoms with van der Waals surface area (Å²) < 4.78 is 1.06. The molecule has 0 unspecified atom stereocenters. The molecule has 0 aliphatic carbocycles. The molecule has 0 aromatic heterocycles.